The molecular weight excluding hydrogens is 351 g/mol. The van der Waals surface area contributed by atoms with Crippen molar-refractivity contribution in [3.63, 3.8) is 0 Å². The van der Waals surface area contributed by atoms with E-state index in [1.807, 2.05) is 0 Å². The van der Waals surface area contributed by atoms with E-state index in [-0.39, 0.29) is 18.3 Å². The number of benzene rings is 1. The number of aromatic hydroxyl groups is 1. The second kappa shape index (κ2) is 6.06. The van der Waals surface area contributed by atoms with Gasteiger partial charge in [0.05, 0.1) is 23.6 Å². The van der Waals surface area contributed by atoms with Crippen molar-refractivity contribution in [2.24, 2.45) is 0 Å². The molecule has 0 fully saturated rings. The molecule has 6 heteroatoms. The average Bonchev–Trinajstić information content (AvgIpc) is 2.81. The third-order valence-corrected chi connectivity index (χ3v) is 4.04. The number of aliphatic hydroxyl groups excluding tert-OH is 1. The highest BCUT2D eigenvalue weighted by Gasteiger charge is 2.18. The van der Waals surface area contributed by atoms with Crippen molar-refractivity contribution in [3.05, 3.63) is 58.6 Å². The zero-order chi connectivity index (χ0) is 15.7. The summed E-state index contributed by atoms with van der Waals surface area (Å²) in [5, 5.41) is 20.6. The molecule has 3 aromatic rings. The molecule has 4 nitrogen and oxygen atoms in total. The van der Waals surface area contributed by atoms with E-state index in [2.05, 4.69) is 20.9 Å². The summed E-state index contributed by atoms with van der Waals surface area (Å²) in [6, 6.07) is 9.33. The van der Waals surface area contributed by atoms with Gasteiger partial charge < -0.3 is 14.8 Å². The van der Waals surface area contributed by atoms with Crippen LogP contribution in [0.25, 0.3) is 10.9 Å². The van der Waals surface area contributed by atoms with Crippen LogP contribution in [0.4, 0.5) is 4.39 Å². The average molecular weight is 365 g/mol. The number of aromatic nitrogens is 2. The summed E-state index contributed by atoms with van der Waals surface area (Å²) in [4.78, 5) is 4.29. The maximum Gasteiger partial charge on any atom is 0.201 e. The summed E-state index contributed by atoms with van der Waals surface area (Å²) in [6.45, 7) is -0.174. The first-order valence-corrected chi connectivity index (χ1v) is 7.59. The first kappa shape index (κ1) is 15.0. The molecule has 0 aliphatic carbocycles. The van der Waals surface area contributed by atoms with E-state index in [0.717, 1.165) is 5.56 Å². The number of hydrogen-bond donors (Lipinski definition) is 2. The fourth-order valence-electron chi connectivity index (χ4n) is 2.53. The summed E-state index contributed by atoms with van der Waals surface area (Å²) in [5.41, 5.74) is 1.38. The lowest BCUT2D eigenvalue weighted by atomic mass is 10.1. The van der Waals surface area contributed by atoms with Gasteiger partial charge in [0.1, 0.15) is 10.4 Å². The second-order valence-electron chi connectivity index (χ2n) is 5.10. The van der Waals surface area contributed by atoms with E-state index < -0.39 is 6.04 Å². The minimum Gasteiger partial charge on any atom is -0.494 e. The van der Waals surface area contributed by atoms with Crippen molar-refractivity contribution in [2.75, 3.05) is 6.61 Å². The number of nitrogens with zero attached hydrogens (tertiary/aromatic N) is 2. The van der Waals surface area contributed by atoms with Crippen LogP contribution >= 0.6 is 15.9 Å². The van der Waals surface area contributed by atoms with Crippen LogP contribution < -0.4 is 0 Å². The second-order valence-corrected chi connectivity index (χ2v) is 5.91. The Hall–Kier alpha value is -1.92. The van der Waals surface area contributed by atoms with Gasteiger partial charge in [0.25, 0.3) is 0 Å². The van der Waals surface area contributed by atoms with Gasteiger partial charge in [-0.2, -0.15) is 0 Å². The molecule has 1 aromatic carbocycles. The minimum atomic E-state index is -0.394. The lowest BCUT2D eigenvalue weighted by molar-refractivity contribution is 0.218. The Morgan fingerprint density at radius 1 is 1.27 bits per heavy atom. The summed E-state index contributed by atoms with van der Waals surface area (Å²) in [6.07, 6.45) is 2.10. The van der Waals surface area contributed by atoms with Crippen molar-refractivity contribution in [2.45, 2.75) is 12.5 Å². The Kier molecular flexibility index (Phi) is 4.13. The zero-order valence-electron chi connectivity index (χ0n) is 11.6. The molecule has 2 N–H and O–H groups in total. The lowest BCUT2D eigenvalue weighted by Gasteiger charge is -2.17. The molecule has 0 radical (unpaired) electrons. The number of hydrogen-bond acceptors (Lipinski definition) is 3. The highest BCUT2D eigenvalue weighted by Crippen LogP contribution is 2.31. The quantitative estimate of drug-likeness (QED) is 0.697. The molecule has 0 saturated carbocycles. The predicted molar refractivity (Wildman–Crippen MR) is 85.3 cm³/mol. The van der Waals surface area contributed by atoms with E-state index in [1.54, 1.807) is 35.0 Å². The normalized spacial score (nSPS) is 12.7. The van der Waals surface area contributed by atoms with Crippen LogP contribution in [0.1, 0.15) is 11.6 Å². The van der Waals surface area contributed by atoms with Crippen LogP contribution in [0.2, 0.25) is 0 Å². The Morgan fingerprint density at radius 3 is 2.82 bits per heavy atom. The monoisotopic (exact) mass is 364 g/mol. The van der Waals surface area contributed by atoms with Gasteiger partial charge in [0.15, 0.2) is 0 Å². The highest BCUT2D eigenvalue weighted by atomic mass is 79.9. The van der Waals surface area contributed by atoms with Gasteiger partial charge in [-0.3, -0.25) is 0 Å². The van der Waals surface area contributed by atoms with E-state index in [4.69, 9.17) is 0 Å². The SMILES string of the molecule is OCC(Cc1cccc(F)c1)n1cc2nc(Br)ccc2c1O. The van der Waals surface area contributed by atoms with Crippen LogP contribution in [0.3, 0.4) is 0 Å². The Labute approximate surface area is 135 Å². The first-order chi connectivity index (χ1) is 10.6. The smallest absolute Gasteiger partial charge is 0.201 e. The summed E-state index contributed by atoms with van der Waals surface area (Å²) in [5.74, 6) is -0.271. The molecule has 0 amide bonds. The van der Waals surface area contributed by atoms with Gasteiger partial charge in [-0.05, 0) is 52.2 Å². The van der Waals surface area contributed by atoms with Crippen molar-refractivity contribution in [1.82, 2.24) is 9.55 Å². The number of halogens is 2. The van der Waals surface area contributed by atoms with Gasteiger partial charge in [0, 0.05) is 6.20 Å². The molecule has 0 aliphatic heterocycles. The molecule has 1 unspecified atom stereocenters. The fourth-order valence-corrected chi connectivity index (χ4v) is 2.86. The molecule has 0 saturated heterocycles. The van der Waals surface area contributed by atoms with Crippen LogP contribution in [0.5, 0.6) is 5.88 Å². The Bertz CT molecular complexity index is 819. The molecule has 0 aliphatic rings. The molecule has 3 rings (SSSR count). The largest absolute Gasteiger partial charge is 0.494 e. The number of fused-ring (bicyclic) bond motifs is 1. The maximum absolute atomic E-state index is 13.3. The van der Waals surface area contributed by atoms with Crippen LogP contribution in [-0.4, -0.2) is 26.4 Å². The van der Waals surface area contributed by atoms with Gasteiger partial charge in [0.2, 0.25) is 5.88 Å². The van der Waals surface area contributed by atoms with Crippen molar-refractivity contribution in [1.29, 1.82) is 0 Å². The predicted octanol–water partition coefficient (Wildman–Crippen LogP) is 3.42. The third-order valence-electron chi connectivity index (χ3n) is 3.60. The summed E-state index contributed by atoms with van der Waals surface area (Å²) < 4.78 is 15.5. The molecule has 0 bridgehead atoms. The summed E-state index contributed by atoms with van der Waals surface area (Å²) >= 11 is 3.29. The van der Waals surface area contributed by atoms with Gasteiger partial charge in [-0.15, -0.1) is 0 Å². The number of rotatable bonds is 4. The third kappa shape index (κ3) is 2.84. The fraction of sp³-hybridized carbons (Fsp3) is 0.188. The Morgan fingerprint density at radius 2 is 2.09 bits per heavy atom. The molecule has 2 aromatic heterocycles. The molecule has 114 valence electrons. The molecular formula is C16H14BrFN2O2. The zero-order valence-corrected chi connectivity index (χ0v) is 13.2. The number of aliphatic hydroxyl groups is 1. The van der Waals surface area contributed by atoms with E-state index in [0.29, 0.717) is 21.9 Å². The van der Waals surface area contributed by atoms with Gasteiger partial charge in [-0.25, -0.2) is 9.37 Å². The van der Waals surface area contributed by atoms with E-state index in [1.165, 1.54) is 12.1 Å². The maximum atomic E-state index is 13.3. The topological polar surface area (TPSA) is 58.3 Å². The minimum absolute atomic E-state index is 0.0467. The molecule has 1 atom stereocenters. The van der Waals surface area contributed by atoms with Gasteiger partial charge in [-0.1, -0.05) is 12.1 Å². The van der Waals surface area contributed by atoms with E-state index >= 15 is 0 Å². The Balaban J connectivity index is 1.98. The highest BCUT2D eigenvalue weighted by molar-refractivity contribution is 9.10. The van der Waals surface area contributed by atoms with Crippen LogP contribution in [0, 0.1) is 5.82 Å². The lowest BCUT2D eigenvalue weighted by Crippen LogP contribution is -2.15. The van der Waals surface area contributed by atoms with Gasteiger partial charge >= 0.3 is 0 Å². The van der Waals surface area contributed by atoms with Crippen LogP contribution in [0.15, 0.2) is 47.2 Å². The summed E-state index contributed by atoms with van der Waals surface area (Å²) in [7, 11) is 0. The molecule has 0 spiro atoms. The first-order valence-electron chi connectivity index (χ1n) is 6.80. The molecule has 22 heavy (non-hydrogen) atoms. The standard InChI is InChI=1S/C16H14BrFN2O2/c17-15-5-4-13-14(19-15)8-20(16(13)22)12(9-21)7-10-2-1-3-11(18)6-10/h1-6,8,12,21-22H,7,9H2. The molecule has 2 heterocycles. The van der Waals surface area contributed by atoms with Crippen molar-refractivity contribution in [3.8, 4) is 5.88 Å². The number of pyridine rings is 1. The van der Waals surface area contributed by atoms with Crippen molar-refractivity contribution < 1.29 is 14.6 Å². The van der Waals surface area contributed by atoms with E-state index in [9.17, 15) is 14.6 Å². The van der Waals surface area contributed by atoms with Crippen LogP contribution in [-0.2, 0) is 6.42 Å². The van der Waals surface area contributed by atoms with Crippen molar-refractivity contribution >= 4 is 26.8 Å².